The third-order valence-corrected chi connectivity index (χ3v) is 4.53. The van der Waals surface area contributed by atoms with E-state index in [1.165, 1.54) is 0 Å². The van der Waals surface area contributed by atoms with Crippen molar-refractivity contribution in [3.63, 3.8) is 0 Å². The number of benzene rings is 1. The number of hydrogen-bond donors (Lipinski definition) is 1. The van der Waals surface area contributed by atoms with E-state index in [2.05, 4.69) is 5.32 Å². The molecule has 0 aromatic heterocycles. The summed E-state index contributed by atoms with van der Waals surface area (Å²) in [7, 11) is 0. The van der Waals surface area contributed by atoms with Crippen molar-refractivity contribution in [3.05, 3.63) is 27.2 Å². The van der Waals surface area contributed by atoms with Crippen molar-refractivity contribution in [3.8, 4) is 0 Å². The summed E-state index contributed by atoms with van der Waals surface area (Å²) in [5.41, 5.74) is 0.640. The number of hydrogen-bond acceptors (Lipinski definition) is 2. The van der Waals surface area contributed by atoms with Crippen molar-refractivity contribution in [2.45, 2.75) is 31.3 Å². The van der Waals surface area contributed by atoms with Crippen molar-refractivity contribution in [2.75, 3.05) is 11.4 Å². The van der Waals surface area contributed by atoms with Crippen molar-refractivity contribution in [1.82, 2.24) is 5.32 Å². The lowest BCUT2D eigenvalue weighted by atomic mass is 10.2. The summed E-state index contributed by atoms with van der Waals surface area (Å²) in [5.74, 6) is 0.0622. The van der Waals surface area contributed by atoms with E-state index in [-0.39, 0.29) is 11.9 Å². The van der Waals surface area contributed by atoms with Crippen LogP contribution in [0.2, 0.25) is 15.1 Å². The van der Waals surface area contributed by atoms with Gasteiger partial charge in [0.15, 0.2) is 0 Å². The standard InChI is InChI=1S/C13H13Cl3N2O/c14-8-5-10(16)12(6-9(8)15)18-4-3-11(13(18)19)17-7-1-2-7/h5-7,11,17H,1-4H2. The summed E-state index contributed by atoms with van der Waals surface area (Å²) in [4.78, 5) is 14.0. The van der Waals surface area contributed by atoms with Gasteiger partial charge in [-0.2, -0.15) is 0 Å². The Morgan fingerprint density at radius 2 is 1.74 bits per heavy atom. The first-order valence-corrected chi connectivity index (χ1v) is 7.41. The summed E-state index contributed by atoms with van der Waals surface area (Å²) in [6.07, 6.45) is 3.13. The Bertz CT molecular complexity index is 531. The lowest BCUT2D eigenvalue weighted by Gasteiger charge is -2.19. The van der Waals surface area contributed by atoms with Gasteiger partial charge in [-0.1, -0.05) is 34.8 Å². The van der Waals surface area contributed by atoms with Crippen LogP contribution in [0, 0.1) is 0 Å². The Kier molecular flexibility index (Phi) is 3.65. The predicted octanol–water partition coefficient (Wildman–Crippen LogP) is 3.50. The van der Waals surface area contributed by atoms with E-state index in [1.54, 1.807) is 17.0 Å². The van der Waals surface area contributed by atoms with Gasteiger partial charge in [0, 0.05) is 12.6 Å². The zero-order valence-electron chi connectivity index (χ0n) is 10.1. The van der Waals surface area contributed by atoms with Crippen molar-refractivity contribution in [2.24, 2.45) is 0 Å². The minimum absolute atomic E-state index is 0.0622. The Hall–Kier alpha value is -0.480. The van der Waals surface area contributed by atoms with E-state index in [0.717, 1.165) is 19.3 Å². The van der Waals surface area contributed by atoms with Crippen molar-refractivity contribution >= 4 is 46.4 Å². The average molecular weight is 320 g/mol. The molecule has 1 N–H and O–H groups in total. The molecule has 1 atom stereocenters. The van der Waals surface area contributed by atoms with Gasteiger partial charge < -0.3 is 10.2 Å². The highest BCUT2D eigenvalue weighted by Gasteiger charge is 2.36. The zero-order valence-corrected chi connectivity index (χ0v) is 12.4. The van der Waals surface area contributed by atoms with Crippen LogP contribution in [-0.2, 0) is 4.79 Å². The predicted molar refractivity (Wildman–Crippen MR) is 78.4 cm³/mol. The molecule has 1 unspecified atom stereocenters. The van der Waals surface area contributed by atoms with Gasteiger partial charge in [-0.3, -0.25) is 4.79 Å². The summed E-state index contributed by atoms with van der Waals surface area (Å²) >= 11 is 18.1. The first kappa shape index (κ1) is 13.5. The number of anilines is 1. The Balaban J connectivity index is 1.82. The molecule has 1 aliphatic heterocycles. The second-order valence-corrected chi connectivity index (χ2v) is 6.21. The van der Waals surface area contributed by atoms with E-state index in [1.807, 2.05) is 0 Å². The lowest BCUT2D eigenvalue weighted by Crippen LogP contribution is -2.39. The highest BCUT2D eigenvalue weighted by atomic mass is 35.5. The number of nitrogens with zero attached hydrogens (tertiary/aromatic N) is 1. The first-order valence-electron chi connectivity index (χ1n) is 6.28. The second kappa shape index (κ2) is 5.13. The SMILES string of the molecule is O=C1C(NC2CC2)CCN1c1cc(Cl)c(Cl)cc1Cl. The van der Waals surface area contributed by atoms with Gasteiger partial charge in [0.25, 0.3) is 0 Å². The highest BCUT2D eigenvalue weighted by Crippen LogP contribution is 2.36. The van der Waals surface area contributed by atoms with Gasteiger partial charge in [-0.15, -0.1) is 0 Å². The average Bonchev–Trinajstić information content (AvgIpc) is 3.10. The summed E-state index contributed by atoms with van der Waals surface area (Å²) < 4.78 is 0. The van der Waals surface area contributed by atoms with E-state index >= 15 is 0 Å². The molecule has 1 saturated heterocycles. The molecule has 1 aliphatic carbocycles. The van der Waals surface area contributed by atoms with Crippen LogP contribution in [0.4, 0.5) is 5.69 Å². The van der Waals surface area contributed by atoms with Crippen LogP contribution in [0.25, 0.3) is 0 Å². The quantitative estimate of drug-likeness (QED) is 0.865. The molecule has 0 spiro atoms. The number of carbonyl (C=O) groups is 1. The Labute approximate surface area is 126 Å². The molecule has 19 heavy (non-hydrogen) atoms. The fourth-order valence-corrected chi connectivity index (χ4v) is 2.97. The molecule has 0 radical (unpaired) electrons. The van der Waals surface area contributed by atoms with Gasteiger partial charge in [0.05, 0.1) is 26.8 Å². The maximum Gasteiger partial charge on any atom is 0.244 e. The molecule has 2 fully saturated rings. The van der Waals surface area contributed by atoms with Gasteiger partial charge in [0.2, 0.25) is 5.91 Å². The van der Waals surface area contributed by atoms with Crippen LogP contribution in [0.3, 0.4) is 0 Å². The lowest BCUT2D eigenvalue weighted by molar-refractivity contribution is -0.118. The molecule has 2 aliphatic rings. The number of amides is 1. The zero-order chi connectivity index (χ0) is 13.6. The molecular formula is C13H13Cl3N2O. The van der Waals surface area contributed by atoms with Crippen LogP contribution in [-0.4, -0.2) is 24.5 Å². The fraction of sp³-hybridized carbons (Fsp3) is 0.462. The number of halogens is 3. The third kappa shape index (κ3) is 2.70. The van der Waals surface area contributed by atoms with E-state index < -0.39 is 0 Å². The fourth-order valence-electron chi connectivity index (χ4n) is 2.33. The molecule has 3 rings (SSSR count). The molecule has 1 aromatic carbocycles. The summed E-state index contributed by atoms with van der Waals surface area (Å²) in [6, 6.07) is 3.65. The Morgan fingerprint density at radius 3 is 2.42 bits per heavy atom. The van der Waals surface area contributed by atoms with Gasteiger partial charge in [-0.05, 0) is 31.4 Å². The smallest absolute Gasteiger partial charge is 0.244 e. The van der Waals surface area contributed by atoms with Crippen LogP contribution >= 0.6 is 34.8 Å². The molecule has 0 bridgehead atoms. The van der Waals surface area contributed by atoms with Gasteiger partial charge >= 0.3 is 0 Å². The molecule has 3 nitrogen and oxygen atoms in total. The minimum Gasteiger partial charge on any atom is -0.309 e. The van der Waals surface area contributed by atoms with Crippen molar-refractivity contribution < 1.29 is 4.79 Å². The van der Waals surface area contributed by atoms with Crippen LogP contribution in [0.1, 0.15) is 19.3 Å². The number of nitrogens with one attached hydrogen (secondary N) is 1. The normalized spacial score (nSPS) is 23.2. The monoisotopic (exact) mass is 318 g/mol. The van der Waals surface area contributed by atoms with Gasteiger partial charge in [-0.25, -0.2) is 0 Å². The van der Waals surface area contributed by atoms with Crippen LogP contribution in [0.15, 0.2) is 12.1 Å². The third-order valence-electron chi connectivity index (χ3n) is 3.50. The number of rotatable bonds is 3. The molecule has 1 heterocycles. The highest BCUT2D eigenvalue weighted by molar-refractivity contribution is 6.44. The molecule has 1 aromatic rings. The maximum absolute atomic E-state index is 12.3. The minimum atomic E-state index is -0.0991. The van der Waals surface area contributed by atoms with Crippen molar-refractivity contribution in [1.29, 1.82) is 0 Å². The molecule has 1 saturated carbocycles. The molecular weight excluding hydrogens is 307 g/mol. The Morgan fingerprint density at radius 1 is 1.05 bits per heavy atom. The maximum atomic E-state index is 12.3. The molecule has 1 amide bonds. The van der Waals surface area contributed by atoms with Crippen LogP contribution < -0.4 is 10.2 Å². The van der Waals surface area contributed by atoms with E-state index in [4.69, 9.17) is 34.8 Å². The molecule has 6 heteroatoms. The topological polar surface area (TPSA) is 32.3 Å². The summed E-state index contributed by atoms with van der Waals surface area (Å²) in [6.45, 7) is 0.654. The first-order chi connectivity index (χ1) is 9.06. The largest absolute Gasteiger partial charge is 0.309 e. The molecule has 102 valence electrons. The van der Waals surface area contributed by atoms with Crippen LogP contribution in [0.5, 0.6) is 0 Å². The number of carbonyl (C=O) groups excluding carboxylic acids is 1. The second-order valence-electron chi connectivity index (χ2n) is 4.99. The van der Waals surface area contributed by atoms with E-state index in [0.29, 0.717) is 33.3 Å². The van der Waals surface area contributed by atoms with Gasteiger partial charge in [0.1, 0.15) is 0 Å². The van der Waals surface area contributed by atoms with E-state index in [9.17, 15) is 4.79 Å². The summed E-state index contributed by atoms with van der Waals surface area (Å²) in [5, 5.41) is 4.62.